The predicted octanol–water partition coefficient (Wildman–Crippen LogP) is 3.78. The fraction of sp³-hybridized carbons (Fsp3) is 0.478. The molecule has 7 nitrogen and oxygen atoms in total. The van der Waals surface area contributed by atoms with Crippen LogP contribution in [-0.2, 0) is 11.3 Å². The summed E-state index contributed by atoms with van der Waals surface area (Å²) in [6, 6.07) is 3.63. The number of anilines is 1. The maximum atomic E-state index is 13.1. The lowest BCUT2D eigenvalue weighted by Crippen LogP contribution is -2.28. The number of hydrogen-bond donors (Lipinski definition) is 1. The van der Waals surface area contributed by atoms with Crippen molar-refractivity contribution < 1.29 is 14.3 Å². The van der Waals surface area contributed by atoms with Crippen LogP contribution in [0.2, 0.25) is 0 Å². The zero-order valence-corrected chi connectivity index (χ0v) is 17.4. The van der Waals surface area contributed by atoms with E-state index in [1.54, 1.807) is 18.5 Å². The third kappa shape index (κ3) is 3.42. The van der Waals surface area contributed by atoms with Crippen molar-refractivity contribution in [2.75, 3.05) is 5.32 Å². The van der Waals surface area contributed by atoms with Gasteiger partial charge in [0.15, 0.2) is 0 Å². The van der Waals surface area contributed by atoms with Gasteiger partial charge in [0.2, 0.25) is 11.8 Å². The quantitative estimate of drug-likeness (QED) is 0.789. The summed E-state index contributed by atoms with van der Waals surface area (Å²) in [4.78, 5) is 35.9. The fourth-order valence-corrected chi connectivity index (χ4v) is 4.00. The zero-order valence-electron chi connectivity index (χ0n) is 17.4. The molecular weight excluding hydrogens is 380 g/mol. The number of carbonyl (C=O) groups excluding carboxylic acids is 2. The molecule has 0 spiro atoms. The molecule has 1 N–H and O–H groups in total. The third-order valence-corrected chi connectivity index (χ3v) is 6.40. The Morgan fingerprint density at radius 1 is 1.27 bits per heavy atom. The second-order valence-electron chi connectivity index (χ2n) is 8.62. The number of hydrogen-bond acceptors (Lipinski definition) is 5. The summed E-state index contributed by atoms with van der Waals surface area (Å²) in [6.45, 7) is 4.42. The first-order valence-electron chi connectivity index (χ1n) is 10.7. The van der Waals surface area contributed by atoms with Gasteiger partial charge in [-0.2, -0.15) is 0 Å². The van der Waals surface area contributed by atoms with E-state index in [0.717, 1.165) is 42.4 Å². The van der Waals surface area contributed by atoms with Gasteiger partial charge in [0.25, 0.3) is 5.91 Å². The molecule has 1 unspecified atom stereocenters. The van der Waals surface area contributed by atoms with Gasteiger partial charge in [0.05, 0.1) is 12.6 Å². The van der Waals surface area contributed by atoms with Crippen molar-refractivity contribution >= 4 is 17.6 Å². The average molecular weight is 406 g/mol. The van der Waals surface area contributed by atoms with Crippen LogP contribution in [0.1, 0.15) is 72.1 Å². The highest BCUT2D eigenvalue weighted by atomic mass is 16.5. The van der Waals surface area contributed by atoms with E-state index in [9.17, 15) is 9.59 Å². The van der Waals surface area contributed by atoms with E-state index in [1.165, 1.54) is 6.42 Å². The second kappa shape index (κ2) is 7.38. The number of pyridine rings is 2. The van der Waals surface area contributed by atoms with E-state index < -0.39 is 0 Å². The van der Waals surface area contributed by atoms with Gasteiger partial charge in [0.1, 0.15) is 11.9 Å². The monoisotopic (exact) mass is 406 g/mol. The summed E-state index contributed by atoms with van der Waals surface area (Å²) in [5.41, 5.74) is 3.34. The largest absolute Gasteiger partial charge is 0.474 e. The molecule has 1 aliphatic heterocycles. The van der Waals surface area contributed by atoms with Gasteiger partial charge in [-0.3, -0.25) is 9.59 Å². The molecule has 2 amide bonds. The molecule has 30 heavy (non-hydrogen) atoms. The Balaban J connectivity index is 1.34. The van der Waals surface area contributed by atoms with E-state index in [4.69, 9.17) is 4.74 Å². The van der Waals surface area contributed by atoms with Gasteiger partial charge in [-0.25, -0.2) is 9.97 Å². The van der Waals surface area contributed by atoms with E-state index >= 15 is 0 Å². The number of ether oxygens (including phenoxy) is 1. The Hall–Kier alpha value is -2.96. The number of fused-ring (bicyclic) bond motifs is 1. The number of amides is 2. The lowest BCUT2D eigenvalue weighted by Gasteiger charge is -2.28. The minimum absolute atomic E-state index is 0.00303. The van der Waals surface area contributed by atoms with Crippen LogP contribution in [-0.4, -0.2) is 32.8 Å². The van der Waals surface area contributed by atoms with Crippen LogP contribution in [0, 0.1) is 12.8 Å². The normalized spacial score (nSPS) is 19.3. The summed E-state index contributed by atoms with van der Waals surface area (Å²) in [5, 5.41) is 2.91. The highest BCUT2D eigenvalue weighted by Crippen LogP contribution is 2.36. The maximum absolute atomic E-state index is 13.1. The van der Waals surface area contributed by atoms with Crippen LogP contribution in [0.3, 0.4) is 0 Å². The molecule has 3 heterocycles. The van der Waals surface area contributed by atoms with Crippen LogP contribution in [0.25, 0.3) is 0 Å². The van der Waals surface area contributed by atoms with Crippen molar-refractivity contribution in [3.8, 4) is 5.88 Å². The van der Waals surface area contributed by atoms with Gasteiger partial charge in [-0.05, 0) is 63.6 Å². The number of carbonyl (C=O) groups is 2. The molecular formula is C23H26N4O3. The van der Waals surface area contributed by atoms with Crippen LogP contribution in [0.5, 0.6) is 5.88 Å². The van der Waals surface area contributed by atoms with Crippen molar-refractivity contribution in [2.24, 2.45) is 5.92 Å². The first-order valence-corrected chi connectivity index (χ1v) is 10.7. The number of nitrogens with zero attached hydrogens (tertiary/aromatic N) is 3. The van der Waals surface area contributed by atoms with E-state index in [2.05, 4.69) is 21.4 Å². The predicted molar refractivity (Wildman–Crippen MR) is 111 cm³/mol. The molecule has 0 radical (unpaired) electrons. The Kier molecular flexibility index (Phi) is 4.68. The summed E-state index contributed by atoms with van der Waals surface area (Å²) < 4.78 is 5.95. The van der Waals surface area contributed by atoms with Crippen molar-refractivity contribution in [1.82, 2.24) is 14.9 Å². The summed E-state index contributed by atoms with van der Waals surface area (Å²) in [6.07, 6.45) is 8.92. The third-order valence-electron chi connectivity index (χ3n) is 6.40. The smallest absolute Gasteiger partial charge is 0.255 e. The van der Waals surface area contributed by atoms with Gasteiger partial charge >= 0.3 is 0 Å². The van der Waals surface area contributed by atoms with Gasteiger partial charge in [-0.1, -0.05) is 0 Å². The van der Waals surface area contributed by atoms with Crippen molar-refractivity contribution in [3.63, 3.8) is 0 Å². The molecule has 2 aromatic rings. The average Bonchev–Trinajstić information content (AvgIpc) is 3.50. The Morgan fingerprint density at radius 2 is 2.07 bits per heavy atom. The topological polar surface area (TPSA) is 84.4 Å². The second-order valence-corrected chi connectivity index (χ2v) is 8.62. The van der Waals surface area contributed by atoms with Crippen LogP contribution in [0.4, 0.5) is 5.82 Å². The molecule has 5 rings (SSSR count). The van der Waals surface area contributed by atoms with E-state index in [0.29, 0.717) is 23.8 Å². The number of rotatable bonds is 6. The van der Waals surface area contributed by atoms with Crippen molar-refractivity contribution in [1.29, 1.82) is 0 Å². The van der Waals surface area contributed by atoms with Crippen LogP contribution < -0.4 is 10.1 Å². The molecule has 1 atom stereocenters. The zero-order chi connectivity index (χ0) is 20.8. The standard InChI is InChI=1S/C23H26N4O3/c1-13-10-16(11-25-22(13)30-17-4-3-5-17)14(2)27-12-19-18(23(27)29)8-9-24-20(19)26-21(28)15-6-7-15/h8-11,14-15,17H,3-7,12H2,1-2H3,(H,24,26,28). The van der Waals surface area contributed by atoms with Crippen molar-refractivity contribution in [3.05, 3.63) is 46.8 Å². The molecule has 3 aliphatic rings. The van der Waals surface area contributed by atoms with Gasteiger partial charge in [0, 0.05) is 35.0 Å². The first kappa shape index (κ1) is 19.0. The number of nitrogens with one attached hydrogen (secondary N) is 1. The number of aryl methyl sites for hydroxylation is 1. The Labute approximate surface area is 175 Å². The molecule has 0 aromatic carbocycles. The minimum atomic E-state index is -0.152. The summed E-state index contributed by atoms with van der Waals surface area (Å²) in [7, 11) is 0. The Morgan fingerprint density at radius 3 is 2.73 bits per heavy atom. The fourth-order valence-electron chi connectivity index (χ4n) is 4.00. The number of aromatic nitrogens is 2. The molecule has 2 saturated carbocycles. The highest BCUT2D eigenvalue weighted by Gasteiger charge is 2.36. The van der Waals surface area contributed by atoms with Crippen LogP contribution >= 0.6 is 0 Å². The van der Waals surface area contributed by atoms with E-state index in [-0.39, 0.29) is 29.9 Å². The molecule has 2 aromatic heterocycles. The molecule has 7 heteroatoms. The molecule has 2 aliphatic carbocycles. The lowest BCUT2D eigenvalue weighted by atomic mass is 9.96. The van der Waals surface area contributed by atoms with Gasteiger partial charge < -0.3 is 15.0 Å². The molecule has 0 saturated heterocycles. The van der Waals surface area contributed by atoms with Crippen LogP contribution in [0.15, 0.2) is 24.5 Å². The minimum Gasteiger partial charge on any atom is -0.474 e. The van der Waals surface area contributed by atoms with E-state index in [1.807, 2.05) is 18.7 Å². The molecule has 2 fully saturated rings. The maximum Gasteiger partial charge on any atom is 0.255 e. The SMILES string of the molecule is Cc1cc(C(C)N2Cc3c(ccnc3NC(=O)C3CC3)C2=O)cnc1OC1CCC1. The first-order chi connectivity index (χ1) is 14.5. The lowest BCUT2D eigenvalue weighted by molar-refractivity contribution is -0.117. The highest BCUT2D eigenvalue weighted by molar-refractivity contribution is 6.02. The Bertz CT molecular complexity index is 1010. The molecule has 0 bridgehead atoms. The molecule has 156 valence electrons. The van der Waals surface area contributed by atoms with Gasteiger partial charge in [-0.15, -0.1) is 0 Å². The summed E-state index contributed by atoms with van der Waals surface area (Å²) in [5.74, 6) is 1.22. The van der Waals surface area contributed by atoms with Crippen molar-refractivity contribution in [2.45, 2.75) is 64.6 Å². The summed E-state index contributed by atoms with van der Waals surface area (Å²) >= 11 is 0.